The number of esters is 1. The summed E-state index contributed by atoms with van der Waals surface area (Å²) in [4.78, 5) is 25.6. The third-order valence-corrected chi connectivity index (χ3v) is 11.8. The second kappa shape index (κ2) is 23.0. The number of carbonyl (C=O) groups excluding carboxylic acids is 2. The van der Waals surface area contributed by atoms with E-state index in [-0.39, 0.29) is 30.2 Å². The highest BCUT2D eigenvalue weighted by Crippen LogP contribution is 2.41. The number of rotatable bonds is 22. The largest absolute Gasteiger partial charge is 0.433 e. The molecule has 6 rings (SSSR count). The molecule has 3 aromatic rings. The number of carbonyl (C=O) groups is 2. The maximum atomic E-state index is 13.4. The first-order chi connectivity index (χ1) is 27.6. The number of hydrogen-bond donors (Lipinski definition) is 0. The smallest absolute Gasteiger partial charge is 0.332 e. The van der Waals surface area contributed by atoms with Crippen molar-refractivity contribution in [3.8, 4) is 0 Å². The van der Waals surface area contributed by atoms with Gasteiger partial charge in [0.25, 0.3) is 0 Å². The van der Waals surface area contributed by atoms with Crippen molar-refractivity contribution in [3.63, 3.8) is 0 Å². The summed E-state index contributed by atoms with van der Waals surface area (Å²) >= 11 is 0. The van der Waals surface area contributed by atoms with Crippen molar-refractivity contribution in [2.75, 3.05) is 19.8 Å². The van der Waals surface area contributed by atoms with E-state index in [1.54, 1.807) is 0 Å². The second-order valence-electron chi connectivity index (χ2n) is 15.9. The Morgan fingerprint density at radius 2 is 1.21 bits per heavy atom. The molecule has 0 amide bonds. The van der Waals surface area contributed by atoms with Gasteiger partial charge in [-0.1, -0.05) is 136 Å². The van der Waals surface area contributed by atoms with Crippen molar-refractivity contribution in [1.82, 2.24) is 0 Å². The quantitative estimate of drug-likeness (QED) is 0.0436. The van der Waals surface area contributed by atoms with Gasteiger partial charge >= 0.3 is 5.97 Å². The Morgan fingerprint density at radius 3 is 1.80 bits per heavy atom. The lowest BCUT2D eigenvalue weighted by Gasteiger charge is -2.36. The van der Waals surface area contributed by atoms with Gasteiger partial charge in [-0.2, -0.15) is 0 Å². The second-order valence-corrected chi connectivity index (χ2v) is 15.9. The monoisotopic (exact) mass is 764 g/mol. The number of unbranched alkanes of at least 4 members (excludes halogenated alkanes) is 7. The highest BCUT2D eigenvalue weighted by atomic mass is 16.7. The summed E-state index contributed by atoms with van der Waals surface area (Å²) in [5.74, 6) is 0.291. The first-order valence-electron chi connectivity index (χ1n) is 21.7. The van der Waals surface area contributed by atoms with Crippen LogP contribution in [0.5, 0.6) is 0 Å². The molecule has 2 heterocycles. The van der Waals surface area contributed by atoms with Crippen LogP contribution in [0.4, 0.5) is 0 Å². The Labute approximate surface area is 335 Å². The molecule has 7 nitrogen and oxygen atoms in total. The zero-order chi connectivity index (χ0) is 38.7. The molecular formula is C49H64O7. The van der Waals surface area contributed by atoms with E-state index in [2.05, 4.69) is 91.0 Å². The van der Waals surface area contributed by atoms with Gasteiger partial charge in [0.2, 0.25) is 6.29 Å². The molecule has 0 N–H and O–H groups in total. The maximum absolute atomic E-state index is 13.4. The SMILES string of the molecule is O=C(C=CCCCCC1C(=O)C[C@@H](OC2CCCCO2)[C@@H]1CCCCCCCCOC(c1ccccc1)(c1ccccc1)c1ccccc1)OC1CCCCO1. The van der Waals surface area contributed by atoms with Crippen LogP contribution in [-0.2, 0) is 38.9 Å². The number of Topliss-reactive ketones (excluding diaryl/α,β-unsaturated/α-hetero) is 1. The fourth-order valence-corrected chi connectivity index (χ4v) is 8.89. The molecule has 0 bridgehead atoms. The van der Waals surface area contributed by atoms with Crippen LogP contribution in [0.15, 0.2) is 103 Å². The van der Waals surface area contributed by atoms with Crippen LogP contribution in [0.25, 0.3) is 0 Å². The van der Waals surface area contributed by atoms with Crippen LogP contribution < -0.4 is 0 Å². The summed E-state index contributed by atoms with van der Waals surface area (Å²) in [5, 5.41) is 0. The van der Waals surface area contributed by atoms with Gasteiger partial charge in [-0.25, -0.2) is 4.79 Å². The number of hydrogen-bond acceptors (Lipinski definition) is 7. The van der Waals surface area contributed by atoms with Gasteiger partial charge in [0, 0.05) is 38.0 Å². The molecule has 0 aromatic heterocycles. The van der Waals surface area contributed by atoms with Crippen LogP contribution in [0.2, 0.25) is 0 Å². The molecule has 0 radical (unpaired) electrons. The minimum Gasteiger partial charge on any atom is -0.433 e. The summed E-state index contributed by atoms with van der Waals surface area (Å²) in [5.41, 5.74) is 2.74. The molecule has 2 saturated heterocycles. The Hall–Kier alpha value is -3.62. The van der Waals surface area contributed by atoms with Crippen LogP contribution >= 0.6 is 0 Å². The Kier molecular flexibility index (Phi) is 17.2. The number of allylic oxidation sites excluding steroid dienone is 1. The van der Waals surface area contributed by atoms with E-state index >= 15 is 0 Å². The molecular weight excluding hydrogens is 701 g/mol. The summed E-state index contributed by atoms with van der Waals surface area (Å²) < 4.78 is 30.3. The molecule has 56 heavy (non-hydrogen) atoms. The van der Waals surface area contributed by atoms with Gasteiger partial charge in [-0.05, 0) is 86.8 Å². The minimum absolute atomic E-state index is 0.0391. The molecule has 1 saturated carbocycles. The lowest BCUT2D eigenvalue weighted by molar-refractivity contribution is -0.196. The molecule has 7 heteroatoms. The van der Waals surface area contributed by atoms with Crippen molar-refractivity contribution >= 4 is 11.8 Å². The third-order valence-electron chi connectivity index (χ3n) is 11.8. The Bertz CT molecular complexity index is 1480. The molecule has 2 aliphatic heterocycles. The van der Waals surface area contributed by atoms with Crippen molar-refractivity contribution < 1.29 is 33.3 Å². The highest BCUT2D eigenvalue weighted by molar-refractivity contribution is 5.84. The normalized spacial score (nSPS) is 23.1. The number of ketones is 1. The average Bonchev–Trinajstić information content (AvgIpc) is 3.53. The topological polar surface area (TPSA) is 80.3 Å². The number of ether oxygens (including phenoxy) is 5. The summed E-state index contributed by atoms with van der Waals surface area (Å²) in [7, 11) is 0. The van der Waals surface area contributed by atoms with Gasteiger partial charge in [0.1, 0.15) is 11.4 Å². The van der Waals surface area contributed by atoms with E-state index < -0.39 is 11.9 Å². The highest BCUT2D eigenvalue weighted by Gasteiger charge is 2.43. The molecule has 3 fully saturated rings. The van der Waals surface area contributed by atoms with E-state index in [0.29, 0.717) is 25.4 Å². The fraction of sp³-hybridized carbons (Fsp3) is 0.551. The molecule has 0 spiro atoms. The van der Waals surface area contributed by atoms with E-state index in [9.17, 15) is 9.59 Å². The third kappa shape index (κ3) is 12.2. The predicted octanol–water partition coefficient (Wildman–Crippen LogP) is 11.0. The van der Waals surface area contributed by atoms with Gasteiger partial charge < -0.3 is 23.7 Å². The Balaban J connectivity index is 0.947. The summed E-state index contributed by atoms with van der Waals surface area (Å²) in [6, 6.07) is 31.8. The van der Waals surface area contributed by atoms with Gasteiger partial charge in [-0.15, -0.1) is 0 Å². The minimum atomic E-state index is -0.672. The molecule has 1 aliphatic carbocycles. The molecule has 3 unspecified atom stereocenters. The Morgan fingerprint density at radius 1 is 0.661 bits per heavy atom. The predicted molar refractivity (Wildman–Crippen MR) is 220 cm³/mol. The van der Waals surface area contributed by atoms with Crippen molar-refractivity contribution in [2.24, 2.45) is 11.8 Å². The average molecular weight is 765 g/mol. The lowest BCUT2D eigenvalue weighted by atomic mass is 9.80. The maximum Gasteiger partial charge on any atom is 0.332 e. The van der Waals surface area contributed by atoms with Crippen molar-refractivity contribution in [3.05, 3.63) is 120 Å². The van der Waals surface area contributed by atoms with Gasteiger partial charge in [0.15, 0.2) is 6.29 Å². The van der Waals surface area contributed by atoms with Crippen molar-refractivity contribution in [1.29, 1.82) is 0 Å². The summed E-state index contributed by atoms with van der Waals surface area (Å²) in [6.45, 7) is 2.06. The van der Waals surface area contributed by atoms with Gasteiger partial charge in [-0.3, -0.25) is 4.79 Å². The fourth-order valence-electron chi connectivity index (χ4n) is 8.89. The van der Waals surface area contributed by atoms with Crippen LogP contribution in [-0.4, -0.2) is 50.3 Å². The molecule has 5 atom stereocenters. The molecule has 3 aliphatic rings. The van der Waals surface area contributed by atoms with E-state index in [4.69, 9.17) is 23.7 Å². The van der Waals surface area contributed by atoms with Crippen LogP contribution in [0.1, 0.15) is 132 Å². The standard InChI is InChI=1S/C49H64O7/c50-44-38-45(55-47-33-19-22-35-52-47)43(42(44)30-16-4-5-18-32-46(51)56-48-34-20-23-36-53-48)31-17-3-1-2-6-21-37-54-49(39-24-10-7-11-25-39,40-26-12-8-13-27-40)41-28-14-9-15-29-41/h7-15,18,24-29,32,42-43,45,47-48H,1-6,16-17,19-23,30-31,33-38H2/t42?,43-,45-,47?,48?/m1/s1. The van der Waals surface area contributed by atoms with E-state index in [1.807, 2.05) is 6.08 Å². The first kappa shape index (κ1) is 42.0. The van der Waals surface area contributed by atoms with E-state index in [1.165, 1.54) is 12.5 Å². The zero-order valence-corrected chi connectivity index (χ0v) is 33.4. The van der Waals surface area contributed by atoms with E-state index in [0.717, 1.165) is 126 Å². The van der Waals surface area contributed by atoms with Crippen LogP contribution in [0.3, 0.4) is 0 Å². The van der Waals surface area contributed by atoms with Crippen molar-refractivity contribution in [2.45, 2.75) is 140 Å². The summed E-state index contributed by atoms with van der Waals surface area (Å²) in [6.07, 6.45) is 20.5. The lowest BCUT2D eigenvalue weighted by Crippen LogP contribution is -2.33. The molecule has 302 valence electrons. The number of benzene rings is 3. The molecule has 3 aromatic carbocycles. The first-order valence-corrected chi connectivity index (χ1v) is 21.7. The zero-order valence-electron chi connectivity index (χ0n) is 33.4. The van der Waals surface area contributed by atoms with Gasteiger partial charge in [0.05, 0.1) is 12.7 Å². The van der Waals surface area contributed by atoms with Crippen LogP contribution in [0, 0.1) is 11.8 Å².